The van der Waals surface area contributed by atoms with Gasteiger partial charge in [-0.1, -0.05) is 0 Å². The van der Waals surface area contributed by atoms with Crippen LogP contribution in [0.15, 0.2) is 24.3 Å². The number of benzene rings is 1. The molecule has 2 saturated heterocycles. The number of hydrogen-bond donors (Lipinski definition) is 0. The Kier molecular flexibility index (Phi) is 4.84. The molecule has 1 aromatic carbocycles. The maximum atomic E-state index is 13.0. The quantitative estimate of drug-likeness (QED) is 0.827. The van der Waals surface area contributed by atoms with Gasteiger partial charge in [-0.3, -0.25) is 4.90 Å². The largest absolute Gasteiger partial charge is 0.370 e. The summed E-state index contributed by atoms with van der Waals surface area (Å²) in [6, 6.07) is 7.74. The van der Waals surface area contributed by atoms with Crippen LogP contribution in [0, 0.1) is 5.82 Å². The molecule has 1 aromatic rings. The molecule has 20 heavy (non-hydrogen) atoms. The van der Waals surface area contributed by atoms with Crippen LogP contribution in [0.5, 0.6) is 0 Å². The normalized spacial score (nSPS) is 22.8. The number of halogens is 1. The van der Waals surface area contributed by atoms with Gasteiger partial charge in [0, 0.05) is 37.9 Å². The first kappa shape index (κ1) is 14.2. The molecule has 4 heteroatoms. The number of anilines is 1. The lowest BCUT2D eigenvalue weighted by atomic mass is 10.1. The molecule has 0 amide bonds. The molecule has 3 rings (SSSR count). The third-order valence-electron chi connectivity index (χ3n) is 4.43. The summed E-state index contributed by atoms with van der Waals surface area (Å²) >= 11 is 2.09. The van der Waals surface area contributed by atoms with Crippen LogP contribution in [0.4, 0.5) is 10.1 Å². The van der Waals surface area contributed by atoms with Gasteiger partial charge in [-0.25, -0.2) is 4.39 Å². The van der Waals surface area contributed by atoms with Crippen molar-refractivity contribution in [3.05, 3.63) is 30.1 Å². The molecule has 0 radical (unpaired) electrons. The number of thioether (sulfide) groups is 1. The van der Waals surface area contributed by atoms with Crippen LogP contribution in [0.1, 0.15) is 19.3 Å². The molecule has 0 bridgehead atoms. The molecule has 2 fully saturated rings. The van der Waals surface area contributed by atoms with Gasteiger partial charge >= 0.3 is 0 Å². The Morgan fingerprint density at radius 1 is 0.950 bits per heavy atom. The average molecular weight is 294 g/mol. The predicted molar refractivity (Wildman–Crippen MR) is 85.2 cm³/mol. The van der Waals surface area contributed by atoms with Crippen molar-refractivity contribution >= 4 is 17.4 Å². The summed E-state index contributed by atoms with van der Waals surface area (Å²) in [7, 11) is 0. The van der Waals surface area contributed by atoms with Crippen molar-refractivity contribution in [2.45, 2.75) is 25.3 Å². The van der Waals surface area contributed by atoms with Crippen LogP contribution in [-0.4, -0.2) is 48.6 Å². The molecule has 2 heterocycles. The molecule has 0 aliphatic carbocycles. The van der Waals surface area contributed by atoms with Crippen molar-refractivity contribution in [3.63, 3.8) is 0 Å². The number of rotatable bonds is 2. The van der Waals surface area contributed by atoms with Gasteiger partial charge in [-0.2, -0.15) is 11.8 Å². The van der Waals surface area contributed by atoms with E-state index >= 15 is 0 Å². The highest BCUT2D eigenvalue weighted by Crippen LogP contribution is 2.24. The first-order valence-electron chi connectivity index (χ1n) is 7.65. The summed E-state index contributed by atoms with van der Waals surface area (Å²) in [6.07, 6.45) is 3.91. The van der Waals surface area contributed by atoms with Crippen molar-refractivity contribution in [2.75, 3.05) is 42.6 Å². The second-order valence-electron chi connectivity index (χ2n) is 5.70. The van der Waals surface area contributed by atoms with Crippen molar-refractivity contribution in [3.8, 4) is 0 Å². The first-order valence-corrected chi connectivity index (χ1v) is 8.81. The van der Waals surface area contributed by atoms with Crippen LogP contribution in [0.3, 0.4) is 0 Å². The monoisotopic (exact) mass is 294 g/mol. The van der Waals surface area contributed by atoms with Crippen LogP contribution in [-0.2, 0) is 0 Å². The van der Waals surface area contributed by atoms with Gasteiger partial charge in [-0.15, -0.1) is 0 Å². The lowest BCUT2D eigenvalue weighted by molar-refractivity contribution is 0.198. The van der Waals surface area contributed by atoms with E-state index in [9.17, 15) is 4.39 Å². The zero-order chi connectivity index (χ0) is 13.8. The maximum absolute atomic E-state index is 13.0. The first-order chi connectivity index (χ1) is 9.83. The SMILES string of the molecule is Fc1ccc(N2CCCN(C3CCSCC3)CC2)cc1. The number of hydrogen-bond acceptors (Lipinski definition) is 3. The van der Waals surface area contributed by atoms with E-state index in [-0.39, 0.29) is 5.82 Å². The van der Waals surface area contributed by atoms with Gasteiger partial charge in [0.15, 0.2) is 0 Å². The molecule has 2 aliphatic heterocycles. The van der Waals surface area contributed by atoms with Crippen molar-refractivity contribution in [1.29, 1.82) is 0 Å². The van der Waals surface area contributed by atoms with Gasteiger partial charge in [0.2, 0.25) is 0 Å². The van der Waals surface area contributed by atoms with Crippen LogP contribution in [0.2, 0.25) is 0 Å². The maximum Gasteiger partial charge on any atom is 0.123 e. The van der Waals surface area contributed by atoms with E-state index in [0.29, 0.717) is 0 Å². The summed E-state index contributed by atoms with van der Waals surface area (Å²) < 4.78 is 13.0. The minimum atomic E-state index is -0.148. The van der Waals surface area contributed by atoms with E-state index in [1.54, 1.807) is 12.1 Å². The van der Waals surface area contributed by atoms with E-state index < -0.39 is 0 Å². The van der Waals surface area contributed by atoms with Crippen molar-refractivity contribution < 1.29 is 4.39 Å². The van der Waals surface area contributed by atoms with E-state index in [4.69, 9.17) is 0 Å². The minimum absolute atomic E-state index is 0.148. The smallest absolute Gasteiger partial charge is 0.123 e. The van der Waals surface area contributed by atoms with E-state index in [0.717, 1.165) is 31.4 Å². The molecule has 2 aliphatic rings. The predicted octanol–water partition coefficient (Wildman–Crippen LogP) is 3.23. The van der Waals surface area contributed by atoms with Gasteiger partial charge < -0.3 is 4.90 Å². The zero-order valence-electron chi connectivity index (χ0n) is 11.9. The lowest BCUT2D eigenvalue weighted by Crippen LogP contribution is -2.40. The fourth-order valence-corrected chi connectivity index (χ4v) is 4.34. The highest BCUT2D eigenvalue weighted by atomic mass is 32.2. The summed E-state index contributed by atoms with van der Waals surface area (Å²) in [5.41, 5.74) is 1.16. The minimum Gasteiger partial charge on any atom is -0.370 e. The Hall–Kier alpha value is -0.740. The Balaban J connectivity index is 1.60. The van der Waals surface area contributed by atoms with E-state index in [1.807, 2.05) is 12.1 Å². The Labute approximate surface area is 125 Å². The zero-order valence-corrected chi connectivity index (χ0v) is 12.7. The Bertz CT molecular complexity index is 417. The Morgan fingerprint density at radius 2 is 1.70 bits per heavy atom. The highest BCUT2D eigenvalue weighted by molar-refractivity contribution is 7.99. The molecule has 110 valence electrons. The molecule has 0 unspecified atom stereocenters. The number of nitrogens with zero attached hydrogens (tertiary/aromatic N) is 2. The van der Waals surface area contributed by atoms with Crippen LogP contribution >= 0.6 is 11.8 Å². The molecule has 0 saturated carbocycles. The standard InChI is InChI=1S/C16H23FN2S/c17-14-2-4-15(5-3-14)18-8-1-9-19(11-10-18)16-6-12-20-13-7-16/h2-5,16H,1,6-13H2. The second kappa shape index (κ2) is 6.81. The second-order valence-corrected chi connectivity index (χ2v) is 6.92. The van der Waals surface area contributed by atoms with Crippen LogP contribution < -0.4 is 4.90 Å². The molecule has 0 spiro atoms. The third kappa shape index (κ3) is 3.47. The molecule has 0 atom stereocenters. The van der Waals surface area contributed by atoms with Crippen LogP contribution in [0.25, 0.3) is 0 Å². The summed E-state index contributed by atoms with van der Waals surface area (Å²) in [4.78, 5) is 5.08. The molecule has 2 nitrogen and oxygen atoms in total. The fraction of sp³-hybridized carbons (Fsp3) is 0.625. The van der Waals surface area contributed by atoms with Crippen molar-refractivity contribution in [1.82, 2.24) is 4.90 Å². The molecular weight excluding hydrogens is 271 g/mol. The summed E-state index contributed by atoms with van der Waals surface area (Å²) in [6.45, 7) is 4.51. The van der Waals surface area contributed by atoms with Crippen molar-refractivity contribution in [2.24, 2.45) is 0 Å². The third-order valence-corrected chi connectivity index (χ3v) is 5.48. The van der Waals surface area contributed by atoms with E-state index in [1.165, 1.54) is 37.3 Å². The van der Waals surface area contributed by atoms with Gasteiger partial charge in [0.05, 0.1) is 0 Å². The molecular formula is C16H23FN2S. The molecule has 0 aromatic heterocycles. The molecule has 0 N–H and O–H groups in total. The van der Waals surface area contributed by atoms with Gasteiger partial charge in [-0.05, 0) is 55.0 Å². The van der Waals surface area contributed by atoms with Gasteiger partial charge in [0.1, 0.15) is 5.82 Å². The van der Waals surface area contributed by atoms with Gasteiger partial charge in [0.25, 0.3) is 0 Å². The Morgan fingerprint density at radius 3 is 2.45 bits per heavy atom. The topological polar surface area (TPSA) is 6.48 Å². The highest BCUT2D eigenvalue weighted by Gasteiger charge is 2.23. The summed E-state index contributed by atoms with van der Waals surface area (Å²) in [5.74, 6) is 2.50. The summed E-state index contributed by atoms with van der Waals surface area (Å²) in [5, 5.41) is 0. The van der Waals surface area contributed by atoms with E-state index in [2.05, 4.69) is 21.6 Å². The fourth-order valence-electron chi connectivity index (χ4n) is 3.26. The average Bonchev–Trinajstić information content (AvgIpc) is 2.75. The lowest BCUT2D eigenvalue weighted by Gasteiger charge is -2.33.